The quantitative estimate of drug-likeness (QED) is 0.248. The van der Waals surface area contributed by atoms with Crippen molar-refractivity contribution in [2.75, 3.05) is 52.4 Å². The maximum atomic E-state index is 14.5. The highest BCUT2D eigenvalue weighted by Crippen LogP contribution is 2.27. The summed E-state index contributed by atoms with van der Waals surface area (Å²) in [5.74, 6) is -0.139. The van der Waals surface area contributed by atoms with Crippen LogP contribution in [0.25, 0.3) is 16.5 Å². The molecule has 1 N–H and O–H groups in total. The number of para-hydroxylation sites is 1. The molecular formula is C38H47N5O2. The van der Waals surface area contributed by atoms with Gasteiger partial charge in [-0.3, -0.25) is 24.0 Å². The first-order valence-electron chi connectivity index (χ1n) is 16.8. The van der Waals surface area contributed by atoms with Gasteiger partial charge in [0.1, 0.15) is 0 Å². The Morgan fingerprint density at radius 2 is 1.33 bits per heavy atom. The first-order valence-corrected chi connectivity index (χ1v) is 16.8. The van der Waals surface area contributed by atoms with Crippen LogP contribution in [0.5, 0.6) is 0 Å². The molecule has 0 bridgehead atoms. The normalized spacial score (nSPS) is 17.4. The maximum Gasteiger partial charge on any atom is 0.263 e. The molecule has 2 aliphatic rings. The number of fused-ring (bicyclic) bond motifs is 1. The number of rotatable bonds is 10. The van der Waals surface area contributed by atoms with Gasteiger partial charge < -0.3 is 10.2 Å². The van der Waals surface area contributed by atoms with Crippen LogP contribution in [0.3, 0.4) is 0 Å². The number of piperidine rings is 1. The molecular weight excluding hydrogens is 558 g/mol. The lowest BCUT2D eigenvalue weighted by molar-refractivity contribution is 0.0927. The van der Waals surface area contributed by atoms with Crippen LogP contribution < -0.4 is 10.9 Å². The molecule has 2 aliphatic heterocycles. The fourth-order valence-electron chi connectivity index (χ4n) is 7.06. The summed E-state index contributed by atoms with van der Waals surface area (Å²) in [7, 11) is 0. The summed E-state index contributed by atoms with van der Waals surface area (Å²) in [5.41, 5.74) is 4.17. The molecule has 3 aromatic carbocycles. The third-order valence-corrected chi connectivity index (χ3v) is 9.71. The van der Waals surface area contributed by atoms with E-state index in [1.165, 1.54) is 32.4 Å². The number of benzene rings is 3. The molecule has 2 saturated heterocycles. The third kappa shape index (κ3) is 7.06. The molecule has 0 aliphatic carbocycles. The predicted molar refractivity (Wildman–Crippen MR) is 183 cm³/mol. The Balaban J connectivity index is 1.35. The summed E-state index contributed by atoms with van der Waals surface area (Å²) in [6.07, 6.45) is 4.77. The Morgan fingerprint density at radius 1 is 0.733 bits per heavy atom. The van der Waals surface area contributed by atoms with Crippen molar-refractivity contribution in [2.24, 2.45) is 0 Å². The van der Waals surface area contributed by atoms with Crippen molar-refractivity contribution in [3.05, 3.63) is 112 Å². The van der Waals surface area contributed by atoms with Gasteiger partial charge in [0, 0.05) is 56.6 Å². The van der Waals surface area contributed by atoms with E-state index in [0.717, 1.165) is 68.2 Å². The second-order valence-electron chi connectivity index (χ2n) is 12.7. The van der Waals surface area contributed by atoms with Crippen molar-refractivity contribution in [2.45, 2.75) is 52.1 Å². The van der Waals surface area contributed by atoms with Gasteiger partial charge in [0.05, 0.1) is 23.0 Å². The van der Waals surface area contributed by atoms with Crippen LogP contribution in [0.1, 0.15) is 65.8 Å². The van der Waals surface area contributed by atoms with Crippen molar-refractivity contribution in [3.63, 3.8) is 0 Å². The molecule has 1 amide bonds. The standard InChI is InChI=1S/C38H47N5O2/c1-3-33(30-15-6-4-7-16-30)39-37(44)36-31-17-9-10-18-32(31)38(45)43(34-19-11-8-14-29(34)2)35(36)28-42-26-24-41(25-27-42)23-22-40-20-12-5-13-21-40/h4,6-11,14-19,33H,3,5,12-13,20-28H2,1-2H3,(H,39,44)/t33-/m0/s1. The number of likely N-dealkylation sites (tertiary alicyclic amines) is 1. The van der Waals surface area contributed by atoms with Gasteiger partial charge in [-0.1, -0.05) is 80.1 Å². The second kappa shape index (κ2) is 14.5. The van der Waals surface area contributed by atoms with E-state index in [1.54, 1.807) is 0 Å². The van der Waals surface area contributed by atoms with Gasteiger partial charge in [-0.15, -0.1) is 0 Å². The first kappa shape index (κ1) is 31.2. The number of aromatic nitrogens is 1. The van der Waals surface area contributed by atoms with Crippen LogP contribution in [0.2, 0.25) is 0 Å². The van der Waals surface area contributed by atoms with E-state index in [-0.39, 0.29) is 17.5 Å². The van der Waals surface area contributed by atoms with Crippen molar-refractivity contribution < 1.29 is 4.79 Å². The van der Waals surface area contributed by atoms with Gasteiger partial charge >= 0.3 is 0 Å². The second-order valence-corrected chi connectivity index (χ2v) is 12.7. The molecule has 1 atom stereocenters. The largest absolute Gasteiger partial charge is 0.345 e. The topological polar surface area (TPSA) is 60.8 Å². The zero-order valence-corrected chi connectivity index (χ0v) is 26.9. The lowest BCUT2D eigenvalue weighted by Crippen LogP contribution is -2.49. The third-order valence-electron chi connectivity index (χ3n) is 9.71. The highest BCUT2D eigenvalue weighted by molar-refractivity contribution is 6.08. The van der Waals surface area contributed by atoms with Crippen molar-refractivity contribution in [3.8, 4) is 5.69 Å². The van der Waals surface area contributed by atoms with Gasteiger partial charge in [0.2, 0.25) is 0 Å². The van der Waals surface area contributed by atoms with Crippen molar-refractivity contribution >= 4 is 16.7 Å². The fraction of sp³-hybridized carbons (Fsp3) is 0.421. The monoisotopic (exact) mass is 605 g/mol. The SMILES string of the molecule is CC[C@H](NC(=O)c1c(CN2CCN(CCN3CCCCC3)CC2)n(-c2ccccc2C)c(=O)c2ccccc12)c1ccccc1. The number of carbonyl (C=O) groups is 1. The Bertz CT molecular complexity index is 1650. The highest BCUT2D eigenvalue weighted by atomic mass is 16.2. The number of nitrogens with one attached hydrogen (secondary N) is 1. The summed E-state index contributed by atoms with van der Waals surface area (Å²) in [6.45, 7) is 13.1. The van der Waals surface area contributed by atoms with Crippen LogP contribution in [0, 0.1) is 6.92 Å². The Kier molecular flexibility index (Phi) is 10.1. The zero-order chi connectivity index (χ0) is 31.2. The molecule has 236 valence electrons. The van der Waals surface area contributed by atoms with E-state index in [9.17, 15) is 9.59 Å². The Morgan fingerprint density at radius 3 is 2.02 bits per heavy atom. The number of amides is 1. The molecule has 0 radical (unpaired) electrons. The van der Waals surface area contributed by atoms with Gasteiger partial charge in [-0.05, 0) is 62.5 Å². The Labute approximate surface area is 267 Å². The molecule has 0 spiro atoms. The summed E-state index contributed by atoms with van der Waals surface area (Å²) >= 11 is 0. The number of hydrogen-bond acceptors (Lipinski definition) is 5. The molecule has 7 heteroatoms. The summed E-state index contributed by atoms with van der Waals surface area (Å²) < 4.78 is 1.82. The molecule has 4 aromatic rings. The molecule has 45 heavy (non-hydrogen) atoms. The lowest BCUT2D eigenvalue weighted by atomic mass is 9.99. The molecule has 1 aromatic heterocycles. The number of hydrogen-bond donors (Lipinski definition) is 1. The van der Waals surface area contributed by atoms with E-state index >= 15 is 0 Å². The maximum absolute atomic E-state index is 14.5. The average Bonchev–Trinajstić information content (AvgIpc) is 3.08. The minimum absolute atomic E-state index is 0.0817. The predicted octanol–water partition coefficient (Wildman–Crippen LogP) is 5.78. The zero-order valence-electron chi connectivity index (χ0n) is 26.9. The summed E-state index contributed by atoms with van der Waals surface area (Å²) in [4.78, 5) is 36.4. The molecule has 7 nitrogen and oxygen atoms in total. The number of piperazine rings is 1. The van der Waals surface area contributed by atoms with Crippen LogP contribution in [0.4, 0.5) is 0 Å². The van der Waals surface area contributed by atoms with Crippen LogP contribution >= 0.6 is 0 Å². The highest BCUT2D eigenvalue weighted by Gasteiger charge is 2.28. The molecule has 0 unspecified atom stereocenters. The first-order chi connectivity index (χ1) is 22.0. The van der Waals surface area contributed by atoms with Crippen LogP contribution in [-0.2, 0) is 6.54 Å². The molecule has 0 saturated carbocycles. The van der Waals surface area contributed by atoms with Gasteiger partial charge in [-0.25, -0.2) is 0 Å². The van der Waals surface area contributed by atoms with E-state index in [1.807, 2.05) is 78.2 Å². The molecule has 3 heterocycles. The average molecular weight is 606 g/mol. The van der Waals surface area contributed by atoms with Crippen molar-refractivity contribution in [1.29, 1.82) is 0 Å². The van der Waals surface area contributed by atoms with Gasteiger partial charge in [-0.2, -0.15) is 0 Å². The molecule has 2 fully saturated rings. The van der Waals surface area contributed by atoms with Crippen molar-refractivity contribution in [1.82, 2.24) is 24.6 Å². The number of pyridine rings is 1. The minimum Gasteiger partial charge on any atom is -0.345 e. The van der Waals surface area contributed by atoms with E-state index < -0.39 is 0 Å². The summed E-state index contributed by atoms with van der Waals surface area (Å²) in [5, 5.41) is 4.62. The van der Waals surface area contributed by atoms with Crippen LogP contribution in [0.15, 0.2) is 83.7 Å². The van der Waals surface area contributed by atoms with Gasteiger partial charge in [0.25, 0.3) is 11.5 Å². The lowest BCUT2D eigenvalue weighted by Gasteiger charge is -2.37. The molecule has 6 rings (SSSR count). The van der Waals surface area contributed by atoms with E-state index in [2.05, 4.69) is 39.1 Å². The van der Waals surface area contributed by atoms with Gasteiger partial charge in [0.15, 0.2) is 0 Å². The van der Waals surface area contributed by atoms with E-state index in [4.69, 9.17) is 0 Å². The number of carbonyl (C=O) groups excluding carboxylic acids is 1. The number of nitrogens with zero attached hydrogens (tertiary/aromatic N) is 4. The number of aryl methyl sites for hydroxylation is 1. The fourth-order valence-corrected chi connectivity index (χ4v) is 7.06. The minimum atomic E-state index is -0.139. The van der Waals surface area contributed by atoms with Crippen LogP contribution in [-0.4, -0.2) is 77.5 Å². The Hall–Kier alpha value is -3.78. The smallest absolute Gasteiger partial charge is 0.263 e. The van der Waals surface area contributed by atoms with E-state index in [0.29, 0.717) is 22.9 Å². The summed E-state index contributed by atoms with van der Waals surface area (Å²) in [6, 6.07) is 25.6.